The van der Waals surface area contributed by atoms with Crippen molar-refractivity contribution in [3.05, 3.63) is 10.4 Å². The number of aromatic amines is 1. The second kappa shape index (κ2) is 4.66. The molecule has 6 heteroatoms. The van der Waals surface area contributed by atoms with Gasteiger partial charge < -0.3 is 10.6 Å². The Morgan fingerprint density at radius 3 is 2.93 bits per heavy atom. The van der Waals surface area contributed by atoms with Gasteiger partial charge in [-0.05, 0) is 6.42 Å². The predicted molar refractivity (Wildman–Crippen MR) is 65.0 cm³/mol. The molecule has 0 radical (unpaired) electrons. The van der Waals surface area contributed by atoms with E-state index in [2.05, 4.69) is 21.8 Å². The van der Waals surface area contributed by atoms with E-state index in [4.69, 9.17) is 18.6 Å². The highest BCUT2D eigenvalue weighted by atomic mass is 32.1. The summed E-state index contributed by atoms with van der Waals surface area (Å²) >= 11 is 5.03. The van der Waals surface area contributed by atoms with Gasteiger partial charge in [-0.1, -0.05) is 25.6 Å². The largest absolute Gasteiger partial charge is 0.333 e. The van der Waals surface area contributed by atoms with Gasteiger partial charge in [-0.3, -0.25) is 14.6 Å². The van der Waals surface area contributed by atoms with E-state index in [1.54, 1.807) is 7.05 Å². The highest BCUT2D eigenvalue weighted by Crippen LogP contribution is 2.15. The van der Waals surface area contributed by atoms with Gasteiger partial charge in [-0.2, -0.15) is 0 Å². The fourth-order valence-electron chi connectivity index (χ4n) is 1.09. The van der Waals surface area contributed by atoms with E-state index >= 15 is 0 Å². The normalized spacial score (nSPS) is 9.40. The Hall–Kier alpha value is -1.74. The predicted octanol–water partition coefficient (Wildman–Crippen LogP) is 0.865. The van der Waals surface area contributed by atoms with E-state index in [-0.39, 0.29) is 5.56 Å². The molecular weight excluding hydrogens is 212 g/mol. The molecule has 1 aromatic heterocycles. The van der Waals surface area contributed by atoms with E-state index in [0.29, 0.717) is 22.9 Å². The van der Waals surface area contributed by atoms with Crippen LogP contribution in [0.3, 0.4) is 0 Å². The van der Waals surface area contributed by atoms with Gasteiger partial charge in [0.2, 0.25) is 0 Å². The van der Waals surface area contributed by atoms with Gasteiger partial charge in [0, 0.05) is 13.1 Å². The monoisotopic (exact) mass is 224 g/mol. The first-order valence-electron chi connectivity index (χ1n) is 4.40. The minimum atomic E-state index is -0.281. The lowest BCUT2D eigenvalue weighted by Gasteiger charge is -2.07. The Morgan fingerprint density at radius 2 is 2.40 bits per heavy atom. The number of aromatic nitrogens is 2. The molecule has 0 spiro atoms. The second-order valence-corrected chi connectivity index (χ2v) is 3.39. The summed E-state index contributed by atoms with van der Waals surface area (Å²) in [4.78, 5) is 12.0. The molecule has 0 saturated carbocycles. The average Bonchev–Trinajstić information content (AvgIpc) is 2.45. The first kappa shape index (κ1) is 11.3. The zero-order valence-corrected chi connectivity index (χ0v) is 9.36. The van der Waals surface area contributed by atoms with Crippen LogP contribution < -0.4 is 16.2 Å². The third-order valence-corrected chi connectivity index (χ3v) is 2.24. The Bertz CT molecular complexity index is 465. The summed E-state index contributed by atoms with van der Waals surface area (Å²) in [6.07, 6.45) is 5.79. The van der Waals surface area contributed by atoms with Crippen molar-refractivity contribution in [1.82, 2.24) is 9.78 Å². The van der Waals surface area contributed by atoms with E-state index < -0.39 is 0 Å². The van der Waals surface area contributed by atoms with Crippen LogP contribution in [-0.4, -0.2) is 14.8 Å². The fourth-order valence-corrected chi connectivity index (χ4v) is 1.19. The highest BCUT2D eigenvalue weighted by molar-refractivity contribution is 7.80. The van der Waals surface area contributed by atoms with Crippen LogP contribution in [0.1, 0.15) is 13.3 Å². The van der Waals surface area contributed by atoms with Crippen LogP contribution in [0.25, 0.3) is 0 Å². The van der Waals surface area contributed by atoms with Crippen LogP contribution in [0, 0.1) is 12.5 Å². The standard InChI is InChI=1S/C9H12N4OS/c1-4-6(15)11-8-7(10-5-2)9(14)12-13(8)3/h2,10H,4H2,1,3H3,(H,11,15)(H,12,14). The first-order valence-corrected chi connectivity index (χ1v) is 4.81. The Kier molecular flexibility index (Phi) is 3.52. The van der Waals surface area contributed by atoms with E-state index in [1.807, 2.05) is 6.92 Å². The number of H-pyrrole nitrogens is 1. The number of thiocarbonyl (C=S) groups is 1. The third-order valence-electron chi connectivity index (χ3n) is 1.84. The molecule has 80 valence electrons. The van der Waals surface area contributed by atoms with Crippen molar-refractivity contribution in [3.8, 4) is 12.5 Å². The maximum Gasteiger partial charge on any atom is 0.290 e. The summed E-state index contributed by atoms with van der Waals surface area (Å²) in [5, 5.41) is 8.05. The van der Waals surface area contributed by atoms with Gasteiger partial charge in [-0.25, -0.2) is 0 Å². The fraction of sp³-hybridized carbons (Fsp3) is 0.333. The number of nitrogens with zero attached hydrogens (tertiary/aromatic N) is 1. The van der Waals surface area contributed by atoms with Crippen molar-refractivity contribution in [1.29, 1.82) is 0 Å². The minimum Gasteiger partial charge on any atom is -0.333 e. The number of anilines is 2. The van der Waals surface area contributed by atoms with Gasteiger partial charge in [0.15, 0.2) is 11.5 Å². The molecule has 3 N–H and O–H groups in total. The quantitative estimate of drug-likeness (QED) is 0.405. The molecule has 15 heavy (non-hydrogen) atoms. The molecule has 0 aromatic carbocycles. The molecule has 0 amide bonds. The average molecular weight is 224 g/mol. The maximum absolute atomic E-state index is 11.4. The van der Waals surface area contributed by atoms with Gasteiger partial charge in [-0.15, -0.1) is 0 Å². The highest BCUT2D eigenvalue weighted by Gasteiger charge is 2.12. The smallest absolute Gasteiger partial charge is 0.290 e. The number of nitrogens with one attached hydrogen (secondary N) is 3. The van der Waals surface area contributed by atoms with Crippen molar-refractivity contribution in [3.63, 3.8) is 0 Å². The summed E-state index contributed by atoms with van der Waals surface area (Å²) in [6.45, 7) is 1.92. The van der Waals surface area contributed by atoms with Gasteiger partial charge in [0.25, 0.3) is 5.56 Å². The van der Waals surface area contributed by atoms with Crippen LogP contribution in [0.4, 0.5) is 11.5 Å². The number of hydrogen-bond acceptors (Lipinski definition) is 3. The molecule has 0 aliphatic heterocycles. The topological polar surface area (TPSA) is 61.9 Å². The molecule has 0 bridgehead atoms. The van der Waals surface area contributed by atoms with Crippen LogP contribution in [-0.2, 0) is 7.05 Å². The summed E-state index contributed by atoms with van der Waals surface area (Å²) in [7, 11) is 1.70. The van der Waals surface area contributed by atoms with Crippen LogP contribution in [0.15, 0.2) is 4.79 Å². The molecule has 0 aliphatic carbocycles. The summed E-state index contributed by atoms with van der Waals surface area (Å²) in [6, 6.07) is 2.20. The number of terminal acetylenes is 1. The number of aryl methyl sites for hydroxylation is 1. The number of hydrogen-bond donors (Lipinski definition) is 3. The van der Waals surface area contributed by atoms with Crippen molar-refractivity contribution in [2.75, 3.05) is 10.6 Å². The molecule has 5 nitrogen and oxygen atoms in total. The van der Waals surface area contributed by atoms with E-state index in [9.17, 15) is 4.79 Å². The maximum atomic E-state index is 11.4. The molecule has 1 heterocycles. The zero-order chi connectivity index (χ0) is 11.4. The van der Waals surface area contributed by atoms with Crippen molar-refractivity contribution >= 4 is 28.7 Å². The van der Waals surface area contributed by atoms with E-state index in [1.165, 1.54) is 4.68 Å². The molecular formula is C9H12N4OS. The van der Waals surface area contributed by atoms with Crippen molar-refractivity contribution in [2.45, 2.75) is 13.3 Å². The zero-order valence-electron chi connectivity index (χ0n) is 8.55. The van der Waals surface area contributed by atoms with E-state index in [0.717, 1.165) is 0 Å². The number of rotatable bonds is 3. The molecule has 0 atom stereocenters. The van der Waals surface area contributed by atoms with Crippen LogP contribution in [0.2, 0.25) is 0 Å². The van der Waals surface area contributed by atoms with Crippen LogP contribution in [0.5, 0.6) is 0 Å². The van der Waals surface area contributed by atoms with Gasteiger partial charge in [0.1, 0.15) is 0 Å². The molecule has 0 fully saturated rings. The Morgan fingerprint density at radius 1 is 1.73 bits per heavy atom. The molecule has 1 rings (SSSR count). The molecule has 0 saturated heterocycles. The van der Waals surface area contributed by atoms with Crippen molar-refractivity contribution < 1.29 is 0 Å². The van der Waals surface area contributed by atoms with Crippen LogP contribution >= 0.6 is 12.2 Å². The van der Waals surface area contributed by atoms with Gasteiger partial charge >= 0.3 is 0 Å². The van der Waals surface area contributed by atoms with Gasteiger partial charge in [0.05, 0.1) is 4.99 Å². The molecule has 0 aliphatic rings. The third kappa shape index (κ3) is 2.39. The summed E-state index contributed by atoms with van der Waals surface area (Å²) in [5.41, 5.74) is 0.0210. The Labute approximate surface area is 92.8 Å². The second-order valence-electron chi connectivity index (χ2n) is 2.89. The lowest BCUT2D eigenvalue weighted by Crippen LogP contribution is -2.12. The summed E-state index contributed by atoms with van der Waals surface area (Å²) < 4.78 is 1.53. The first-order chi connectivity index (χ1) is 7.10. The van der Waals surface area contributed by atoms with Crippen molar-refractivity contribution in [2.24, 2.45) is 7.05 Å². The Balaban J connectivity index is 3.10. The minimum absolute atomic E-state index is 0.281. The SMILES string of the molecule is C#CNc1c(NC(=S)CC)n(C)[nH]c1=O. The molecule has 1 aromatic rings. The lowest BCUT2D eigenvalue weighted by molar-refractivity contribution is 0.766. The lowest BCUT2D eigenvalue weighted by atomic mass is 10.4. The summed E-state index contributed by atoms with van der Waals surface area (Å²) in [5.74, 6) is 0.546. The molecule has 0 unspecified atom stereocenters.